The maximum atomic E-state index is 13.2. The standard InChI is InChI=1S/C19H18FN3O4S/c1-13-6-7-17(10-14(13)2)28(26,27)23-9-8-22(19(23)25)12-18(24)21-16-5-3-4-15(20)11-16/h3-11H,12H2,1-2H3,(H,21,24). The Balaban J connectivity index is 1.84. The Bertz CT molecular complexity index is 1210. The molecule has 9 heteroatoms. The minimum absolute atomic E-state index is 0.0142. The molecule has 1 amide bonds. The normalized spacial score (nSPS) is 11.4. The van der Waals surface area contributed by atoms with Gasteiger partial charge in [0.25, 0.3) is 10.0 Å². The first-order valence-electron chi connectivity index (χ1n) is 8.34. The van der Waals surface area contributed by atoms with Crippen LogP contribution in [0.4, 0.5) is 10.1 Å². The number of nitrogens with zero attached hydrogens (tertiary/aromatic N) is 2. The number of nitrogens with one attached hydrogen (secondary N) is 1. The Hall–Kier alpha value is -3.20. The molecule has 0 radical (unpaired) electrons. The largest absolute Gasteiger partial charge is 0.342 e. The van der Waals surface area contributed by atoms with Crippen LogP contribution in [0.15, 0.2) is 64.5 Å². The van der Waals surface area contributed by atoms with Crippen LogP contribution in [0.1, 0.15) is 11.1 Å². The molecular weight excluding hydrogens is 385 g/mol. The van der Waals surface area contributed by atoms with E-state index in [0.717, 1.165) is 28.0 Å². The van der Waals surface area contributed by atoms with Crippen LogP contribution < -0.4 is 11.0 Å². The lowest BCUT2D eigenvalue weighted by molar-refractivity contribution is -0.116. The Labute approximate surface area is 161 Å². The molecule has 28 heavy (non-hydrogen) atoms. The summed E-state index contributed by atoms with van der Waals surface area (Å²) in [6.45, 7) is 3.22. The van der Waals surface area contributed by atoms with Crippen molar-refractivity contribution < 1.29 is 17.6 Å². The molecule has 0 unspecified atom stereocenters. The third kappa shape index (κ3) is 3.89. The van der Waals surface area contributed by atoms with E-state index in [4.69, 9.17) is 0 Å². The highest BCUT2D eigenvalue weighted by molar-refractivity contribution is 7.90. The molecule has 0 aliphatic carbocycles. The van der Waals surface area contributed by atoms with Crippen LogP contribution in [-0.4, -0.2) is 22.9 Å². The number of benzene rings is 2. The second-order valence-corrected chi connectivity index (χ2v) is 8.13. The van der Waals surface area contributed by atoms with E-state index in [1.165, 1.54) is 36.5 Å². The first-order chi connectivity index (χ1) is 13.2. The van der Waals surface area contributed by atoms with Crippen molar-refractivity contribution >= 4 is 21.6 Å². The molecule has 0 aliphatic heterocycles. The molecule has 0 saturated carbocycles. The summed E-state index contributed by atoms with van der Waals surface area (Å²) in [5.74, 6) is -1.10. The number of hydrogen-bond donors (Lipinski definition) is 1. The number of anilines is 1. The molecule has 3 rings (SSSR count). The number of carbonyl (C=O) groups is 1. The van der Waals surface area contributed by atoms with Gasteiger partial charge in [-0.25, -0.2) is 17.6 Å². The number of hydrogen-bond acceptors (Lipinski definition) is 4. The molecule has 0 fully saturated rings. The van der Waals surface area contributed by atoms with Crippen LogP contribution in [0.3, 0.4) is 0 Å². The number of carbonyl (C=O) groups excluding carboxylic acids is 1. The maximum absolute atomic E-state index is 13.2. The third-order valence-corrected chi connectivity index (χ3v) is 5.92. The number of amides is 1. The zero-order valence-corrected chi connectivity index (χ0v) is 16.0. The minimum atomic E-state index is -4.09. The molecule has 0 aliphatic rings. The van der Waals surface area contributed by atoms with Gasteiger partial charge in [0.15, 0.2) is 0 Å². The van der Waals surface area contributed by atoms with Crippen LogP contribution in [0, 0.1) is 19.7 Å². The van der Waals surface area contributed by atoms with Crippen LogP contribution in [0.25, 0.3) is 0 Å². The van der Waals surface area contributed by atoms with Crippen LogP contribution in [0.2, 0.25) is 0 Å². The molecular formula is C19H18FN3O4S. The number of aromatic nitrogens is 2. The van der Waals surface area contributed by atoms with Gasteiger partial charge in [-0.3, -0.25) is 9.36 Å². The number of aryl methyl sites for hydroxylation is 2. The highest BCUT2D eigenvalue weighted by Gasteiger charge is 2.21. The highest BCUT2D eigenvalue weighted by Crippen LogP contribution is 2.16. The Morgan fingerprint density at radius 3 is 2.50 bits per heavy atom. The van der Waals surface area contributed by atoms with Crippen molar-refractivity contribution in [1.82, 2.24) is 8.54 Å². The van der Waals surface area contributed by atoms with Gasteiger partial charge in [-0.15, -0.1) is 0 Å². The van der Waals surface area contributed by atoms with Gasteiger partial charge < -0.3 is 5.32 Å². The zero-order chi connectivity index (χ0) is 20.5. The molecule has 1 heterocycles. The predicted molar refractivity (Wildman–Crippen MR) is 102 cm³/mol. The summed E-state index contributed by atoms with van der Waals surface area (Å²) in [6.07, 6.45) is 2.31. The van der Waals surface area contributed by atoms with Gasteiger partial charge >= 0.3 is 5.69 Å². The van der Waals surface area contributed by atoms with Crippen molar-refractivity contribution in [3.63, 3.8) is 0 Å². The molecule has 0 saturated heterocycles. The van der Waals surface area contributed by atoms with Crippen molar-refractivity contribution in [2.45, 2.75) is 25.3 Å². The second kappa shape index (κ2) is 7.43. The van der Waals surface area contributed by atoms with E-state index in [0.29, 0.717) is 3.97 Å². The average Bonchev–Trinajstić information content (AvgIpc) is 2.98. The van der Waals surface area contributed by atoms with Gasteiger partial charge in [0.05, 0.1) is 4.90 Å². The number of halogens is 1. The van der Waals surface area contributed by atoms with E-state index >= 15 is 0 Å². The van der Waals surface area contributed by atoms with Crippen molar-refractivity contribution in [2.75, 3.05) is 5.32 Å². The molecule has 7 nitrogen and oxygen atoms in total. The molecule has 1 N–H and O–H groups in total. The van der Waals surface area contributed by atoms with Gasteiger partial charge in [-0.1, -0.05) is 12.1 Å². The molecule has 0 atom stereocenters. The van der Waals surface area contributed by atoms with Crippen molar-refractivity contribution in [2.24, 2.45) is 0 Å². The van der Waals surface area contributed by atoms with E-state index in [1.54, 1.807) is 13.0 Å². The molecule has 0 spiro atoms. The first kappa shape index (κ1) is 19.6. The van der Waals surface area contributed by atoms with Gasteiger partial charge in [0.1, 0.15) is 12.4 Å². The van der Waals surface area contributed by atoms with E-state index in [-0.39, 0.29) is 10.6 Å². The highest BCUT2D eigenvalue weighted by atomic mass is 32.2. The topological polar surface area (TPSA) is 90.2 Å². The lowest BCUT2D eigenvalue weighted by Gasteiger charge is -2.07. The number of rotatable bonds is 5. The lowest BCUT2D eigenvalue weighted by atomic mass is 10.1. The van der Waals surface area contributed by atoms with E-state index in [2.05, 4.69) is 5.32 Å². The van der Waals surface area contributed by atoms with E-state index < -0.39 is 34.0 Å². The maximum Gasteiger partial charge on any atom is 0.342 e. The van der Waals surface area contributed by atoms with Gasteiger partial charge in [0, 0.05) is 18.1 Å². The molecule has 146 valence electrons. The minimum Gasteiger partial charge on any atom is -0.324 e. The summed E-state index contributed by atoms with van der Waals surface area (Å²) in [5, 5.41) is 2.45. The predicted octanol–water partition coefficient (Wildman–Crippen LogP) is 2.28. The summed E-state index contributed by atoms with van der Waals surface area (Å²) in [4.78, 5) is 24.6. The fourth-order valence-electron chi connectivity index (χ4n) is 2.61. The van der Waals surface area contributed by atoms with Crippen LogP contribution in [-0.2, 0) is 21.4 Å². The lowest BCUT2D eigenvalue weighted by Crippen LogP contribution is -2.32. The van der Waals surface area contributed by atoms with Crippen LogP contribution >= 0.6 is 0 Å². The molecule has 0 bridgehead atoms. The van der Waals surface area contributed by atoms with Crippen molar-refractivity contribution in [1.29, 1.82) is 0 Å². The molecule has 1 aromatic heterocycles. The first-order valence-corrected chi connectivity index (χ1v) is 9.78. The van der Waals surface area contributed by atoms with E-state index in [1.807, 2.05) is 6.92 Å². The SMILES string of the molecule is Cc1ccc(S(=O)(=O)n2ccn(CC(=O)Nc3cccc(F)c3)c2=O)cc1C. The summed E-state index contributed by atoms with van der Waals surface area (Å²) >= 11 is 0. The monoisotopic (exact) mass is 403 g/mol. The second-order valence-electron chi connectivity index (χ2n) is 6.31. The fraction of sp³-hybridized carbons (Fsp3) is 0.158. The Morgan fingerprint density at radius 2 is 1.82 bits per heavy atom. The van der Waals surface area contributed by atoms with E-state index in [9.17, 15) is 22.4 Å². The molecule has 3 aromatic rings. The smallest absolute Gasteiger partial charge is 0.324 e. The Morgan fingerprint density at radius 1 is 1.07 bits per heavy atom. The average molecular weight is 403 g/mol. The van der Waals surface area contributed by atoms with Gasteiger partial charge in [-0.2, -0.15) is 3.97 Å². The summed E-state index contributed by atoms with van der Waals surface area (Å²) in [6, 6.07) is 9.89. The number of imidazole rings is 1. The van der Waals surface area contributed by atoms with Crippen molar-refractivity contribution in [3.8, 4) is 0 Å². The van der Waals surface area contributed by atoms with Gasteiger partial charge in [0.2, 0.25) is 5.91 Å². The van der Waals surface area contributed by atoms with Crippen LogP contribution in [0.5, 0.6) is 0 Å². The Kier molecular flexibility index (Phi) is 5.19. The summed E-state index contributed by atoms with van der Waals surface area (Å²) < 4.78 is 40.2. The summed E-state index contributed by atoms with van der Waals surface area (Å²) in [5.41, 5.74) is 1.08. The summed E-state index contributed by atoms with van der Waals surface area (Å²) in [7, 11) is -4.09. The van der Waals surface area contributed by atoms with Crippen molar-refractivity contribution in [3.05, 3.63) is 82.3 Å². The molecule has 2 aromatic carbocycles. The third-order valence-electron chi connectivity index (χ3n) is 4.27. The van der Waals surface area contributed by atoms with Gasteiger partial charge in [-0.05, 0) is 55.3 Å². The zero-order valence-electron chi connectivity index (χ0n) is 15.2. The quantitative estimate of drug-likeness (QED) is 0.708. The fourth-order valence-corrected chi connectivity index (χ4v) is 3.93.